The van der Waals surface area contributed by atoms with Crippen LogP contribution in [0.15, 0.2) is 28.7 Å². The number of nitrogens with one attached hydrogen (secondary N) is 2. The van der Waals surface area contributed by atoms with E-state index in [1.54, 1.807) is 30.5 Å². The second kappa shape index (κ2) is 12.6. The second-order valence-electron chi connectivity index (χ2n) is 5.34. The molecular formula is C17H22BrClFN3O2S2. The molecule has 0 aliphatic carbocycles. The molecule has 0 fully saturated rings. The summed E-state index contributed by atoms with van der Waals surface area (Å²) in [5.41, 5.74) is 5.12. The van der Waals surface area contributed by atoms with Crippen molar-refractivity contribution < 1.29 is 13.4 Å². The first-order valence-electron chi connectivity index (χ1n) is 8.08. The molecule has 150 valence electrons. The molecule has 2 aromatic rings. The Labute approximate surface area is 178 Å². The van der Waals surface area contributed by atoms with Crippen LogP contribution >= 0.6 is 38.9 Å². The maximum Gasteiger partial charge on any atom is 0.204 e. The first-order valence-corrected chi connectivity index (χ1v) is 11.2. The molecule has 1 amide bonds. The maximum absolute atomic E-state index is 13.3. The van der Waals surface area contributed by atoms with Crippen molar-refractivity contribution >= 4 is 56.4 Å². The normalized spacial score (nSPS) is 12.8. The number of primary amides is 1. The van der Waals surface area contributed by atoms with Crippen LogP contribution in [0.25, 0.3) is 0 Å². The molecule has 27 heavy (non-hydrogen) atoms. The highest BCUT2D eigenvalue weighted by molar-refractivity contribution is 9.10. The highest BCUT2D eigenvalue weighted by Gasteiger charge is 2.18. The Hall–Kier alpha value is -0.840. The van der Waals surface area contributed by atoms with Gasteiger partial charge in [-0.2, -0.15) is 0 Å². The zero-order valence-corrected chi connectivity index (χ0v) is 18.9. The second-order valence-corrected chi connectivity index (χ2v) is 8.95. The lowest BCUT2D eigenvalue weighted by molar-refractivity contribution is -0.106. The number of halogens is 3. The smallest absolute Gasteiger partial charge is 0.204 e. The molecule has 0 aliphatic rings. The van der Waals surface area contributed by atoms with Crippen LogP contribution in [0.3, 0.4) is 0 Å². The fourth-order valence-corrected chi connectivity index (χ4v) is 5.19. The van der Waals surface area contributed by atoms with Gasteiger partial charge in [0.2, 0.25) is 6.41 Å². The van der Waals surface area contributed by atoms with Gasteiger partial charge in [0.25, 0.3) is 0 Å². The van der Waals surface area contributed by atoms with E-state index in [4.69, 9.17) is 16.4 Å². The summed E-state index contributed by atoms with van der Waals surface area (Å²) in [6.45, 7) is 2.11. The topological polar surface area (TPSA) is 84.2 Å². The quantitative estimate of drug-likeness (QED) is 0.480. The Balaban J connectivity index is 0.00000114. The fraction of sp³-hybridized carbons (Fsp3) is 0.353. The van der Waals surface area contributed by atoms with Gasteiger partial charge in [-0.3, -0.25) is 4.79 Å². The number of carbonyl (C=O) groups is 1. The molecular weight excluding hydrogens is 477 g/mol. The van der Waals surface area contributed by atoms with E-state index in [1.165, 1.54) is 10.9 Å². The van der Waals surface area contributed by atoms with Crippen molar-refractivity contribution in [2.24, 2.45) is 5.73 Å². The highest BCUT2D eigenvalue weighted by atomic mass is 79.9. The summed E-state index contributed by atoms with van der Waals surface area (Å²) in [6.07, 6.45) is 2.63. The molecule has 5 nitrogen and oxygen atoms in total. The SMILES string of the molecule is CCc1sc(C(CCc2ccc(F)c(Cl)c2)NS(=O)NC)cc1Br.NC=O. The third-order valence-corrected chi connectivity index (χ3v) is 7.10. The molecule has 0 saturated carbocycles. The number of benzene rings is 1. The minimum absolute atomic E-state index is 0.0660. The van der Waals surface area contributed by atoms with Gasteiger partial charge in [-0.05, 0) is 66.0 Å². The molecule has 0 bridgehead atoms. The predicted octanol–water partition coefficient (Wildman–Crippen LogP) is 4.03. The van der Waals surface area contributed by atoms with Crippen LogP contribution in [0.1, 0.15) is 34.7 Å². The summed E-state index contributed by atoms with van der Waals surface area (Å²) in [5.74, 6) is -0.416. The highest BCUT2D eigenvalue weighted by Crippen LogP contribution is 2.34. The van der Waals surface area contributed by atoms with Gasteiger partial charge >= 0.3 is 0 Å². The van der Waals surface area contributed by atoms with Crippen LogP contribution < -0.4 is 15.2 Å². The first kappa shape index (κ1) is 24.2. The molecule has 0 saturated heterocycles. The molecule has 2 rings (SSSR count). The van der Waals surface area contributed by atoms with Gasteiger partial charge in [0.15, 0.2) is 11.2 Å². The van der Waals surface area contributed by atoms with E-state index >= 15 is 0 Å². The monoisotopic (exact) mass is 497 g/mol. The molecule has 0 radical (unpaired) electrons. The molecule has 0 spiro atoms. The minimum atomic E-state index is -1.32. The lowest BCUT2D eigenvalue weighted by Crippen LogP contribution is -2.31. The number of rotatable bonds is 8. The molecule has 2 atom stereocenters. The van der Waals surface area contributed by atoms with Crippen molar-refractivity contribution in [3.8, 4) is 0 Å². The van der Waals surface area contributed by atoms with E-state index in [0.717, 1.165) is 27.8 Å². The molecule has 0 aliphatic heterocycles. The lowest BCUT2D eigenvalue weighted by Gasteiger charge is -2.16. The third-order valence-electron chi connectivity index (χ3n) is 3.58. The van der Waals surface area contributed by atoms with Crippen molar-refractivity contribution in [2.45, 2.75) is 32.2 Å². The first-order chi connectivity index (χ1) is 12.9. The van der Waals surface area contributed by atoms with E-state index in [9.17, 15) is 8.60 Å². The maximum atomic E-state index is 13.3. The summed E-state index contributed by atoms with van der Waals surface area (Å²) < 4.78 is 32.0. The van der Waals surface area contributed by atoms with Gasteiger partial charge in [-0.15, -0.1) is 11.3 Å². The van der Waals surface area contributed by atoms with E-state index in [2.05, 4.69) is 44.1 Å². The number of aryl methyl sites for hydroxylation is 2. The fourth-order valence-electron chi connectivity index (χ4n) is 2.29. The Bertz CT molecular complexity index is 777. The van der Waals surface area contributed by atoms with Crippen molar-refractivity contribution in [1.29, 1.82) is 0 Å². The molecule has 1 aromatic carbocycles. The van der Waals surface area contributed by atoms with Crippen LogP contribution in [-0.4, -0.2) is 17.7 Å². The van der Waals surface area contributed by atoms with Crippen LogP contribution in [0.5, 0.6) is 0 Å². The van der Waals surface area contributed by atoms with E-state index in [1.807, 2.05) is 0 Å². The van der Waals surface area contributed by atoms with Crippen molar-refractivity contribution in [3.63, 3.8) is 0 Å². The Morgan fingerprint density at radius 2 is 2.11 bits per heavy atom. The van der Waals surface area contributed by atoms with Crippen molar-refractivity contribution in [2.75, 3.05) is 7.05 Å². The molecule has 2 unspecified atom stereocenters. The van der Waals surface area contributed by atoms with Crippen LogP contribution in [-0.2, 0) is 28.8 Å². The molecule has 1 aromatic heterocycles. The largest absolute Gasteiger partial charge is 0.372 e. The Morgan fingerprint density at radius 3 is 2.63 bits per heavy atom. The molecule has 1 heterocycles. The summed E-state index contributed by atoms with van der Waals surface area (Å²) >= 11 is 9.80. The van der Waals surface area contributed by atoms with Crippen LogP contribution in [0.4, 0.5) is 4.39 Å². The zero-order valence-electron chi connectivity index (χ0n) is 14.9. The summed E-state index contributed by atoms with van der Waals surface area (Å²) in [4.78, 5) is 11.0. The number of hydrogen-bond donors (Lipinski definition) is 3. The van der Waals surface area contributed by atoms with Crippen LogP contribution in [0.2, 0.25) is 5.02 Å². The molecule has 4 N–H and O–H groups in total. The summed E-state index contributed by atoms with van der Waals surface area (Å²) in [6, 6.07) is 6.76. The Kier molecular flexibility index (Phi) is 11.3. The number of nitrogens with two attached hydrogens (primary N) is 1. The standard InChI is InChI=1S/C16H19BrClFN2OS2.CH3NO/c1-3-15-11(17)9-16(23-15)14(21-24(22)20-2)7-5-10-4-6-13(19)12(18)8-10;2-1-3/h4,6,8-9,14,20-21H,3,5,7H2,1-2H3;1H,(H2,2,3). The van der Waals surface area contributed by atoms with Gasteiger partial charge < -0.3 is 5.73 Å². The summed E-state index contributed by atoms with van der Waals surface area (Å²) in [5, 5.41) is 0.128. The van der Waals surface area contributed by atoms with Gasteiger partial charge in [0.1, 0.15) is 5.82 Å². The number of carbonyl (C=O) groups excluding carboxylic acids is 1. The van der Waals surface area contributed by atoms with Crippen molar-refractivity contribution in [1.82, 2.24) is 9.44 Å². The number of hydrogen-bond acceptors (Lipinski definition) is 3. The van der Waals surface area contributed by atoms with Gasteiger partial charge in [-0.1, -0.05) is 24.6 Å². The van der Waals surface area contributed by atoms with E-state index in [0.29, 0.717) is 6.42 Å². The minimum Gasteiger partial charge on any atom is -0.372 e. The molecule has 10 heteroatoms. The zero-order chi connectivity index (χ0) is 20.4. The number of thiophene rings is 1. The van der Waals surface area contributed by atoms with E-state index in [-0.39, 0.29) is 17.5 Å². The van der Waals surface area contributed by atoms with Gasteiger partial charge in [-0.25, -0.2) is 18.0 Å². The number of amides is 1. The summed E-state index contributed by atoms with van der Waals surface area (Å²) in [7, 11) is 1.64. The van der Waals surface area contributed by atoms with Crippen molar-refractivity contribution in [3.05, 3.63) is 54.9 Å². The van der Waals surface area contributed by atoms with Gasteiger partial charge in [0, 0.05) is 14.2 Å². The third kappa shape index (κ3) is 7.97. The average Bonchev–Trinajstić information content (AvgIpc) is 3.02. The van der Waals surface area contributed by atoms with Crippen LogP contribution in [0, 0.1) is 5.82 Å². The van der Waals surface area contributed by atoms with E-state index < -0.39 is 17.0 Å². The predicted molar refractivity (Wildman–Crippen MR) is 114 cm³/mol. The van der Waals surface area contributed by atoms with Gasteiger partial charge in [0.05, 0.1) is 11.1 Å². The Morgan fingerprint density at radius 1 is 1.44 bits per heavy atom. The lowest BCUT2D eigenvalue weighted by atomic mass is 10.0. The average molecular weight is 499 g/mol.